The molecule has 0 saturated heterocycles. The standard InChI is InChI=1S/C9H7F3N4S/c1-13-8-16-15-7(17-8)5-2-6(4-14-3-5)9(10,11)12/h2-4H,1H3,(H,13,16). The fourth-order valence-electron chi connectivity index (χ4n) is 1.15. The molecule has 0 aliphatic rings. The van der Waals surface area contributed by atoms with Crippen LogP contribution in [0.3, 0.4) is 0 Å². The first kappa shape index (κ1) is 11.8. The van der Waals surface area contributed by atoms with Gasteiger partial charge in [-0.25, -0.2) is 0 Å². The van der Waals surface area contributed by atoms with Gasteiger partial charge in [-0.1, -0.05) is 11.3 Å². The van der Waals surface area contributed by atoms with Crippen molar-refractivity contribution in [3.8, 4) is 10.6 Å². The summed E-state index contributed by atoms with van der Waals surface area (Å²) in [6.07, 6.45) is -2.29. The fraction of sp³-hybridized carbons (Fsp3) is 0.222. The van der Waals surface area contributed by atoms with E-state index in [1.54, 1.807) is 7.05 Å². The van der Waals surface area contributed by atoms with Crippen LogP contribution in [0.25, 0.3) is 10.6 Å². The van der Waals surface area contributed by atoms with E-state index in [0.717, 1.165) is 23.6 Å². The highest BCUT2D eigenvalue weighted by atomic mass is 32.1. The predicted octanol–water partition coefficient (Wildman–Crippen LogP) is 2.66. The number of alkyl halides is 3. The Labute approximate surface area is 98.5 Å². The summed E-state index contributed by atoms with van der Waals surface area (Å²) in [5, 5.41) is 11.2. The smallest absolute Gasteiger partial charge is 0.363 e. The molecule has 0 radical (unpaired) electrons. The molecule has 90 valence electrons. The van der Waals surface area contributed by atoms with Crippen LogP contribution in [-0.2, 0) is 6.18 Å². The number of anilines is 1. The third-order valence-corrected chi connectivity index (χ3v) is 2.94. The number of rotatable bonds is 2. The molecule has 0 saturated carbocycles. The van der Waals surface area contributed by atoms with Gasteiger partial charge in [0.2, 0.25) is 5.13 Å². The third kappa shape index (κ3) is 2.52. The predicted molar refractivity (Wildman–Crippen MR) is 57.7 cm³/mol. The lowest BCUT2D eigenvalue weighted by molar-refractivity contribution is -0.137. The summed E-state index contributed by atoms with van der Waals surface area (Å²) >= 11 is 1.16. The van der Waals surface area contributed by atoms with Crippen molar-refractivity contribution in [2.45, 2.75) is 6.18 Å². The fourth-order valence-corrected chi connectivity index (χ4v) is 1.83. The van der Waals surface area contributed by atoms with Crippen LogP contribution in [0.2, 0.25) is 0 Å². The van der Waals surface area contributed by atoms with E-state index in [9.17, 15) is 13.2 Å². The average Bonchev–Trinajstić information content (AvgIpc) is 2.76. The maximum absolute atomic E-state index is 12.5. The molecule has 8 heteroatoms. The van der Waals surface area contributed by atoms with E-state index in [1.165, 1.54) is 6.20 Å². The molecular weight excluding hydrogens is 253 g/mol. The molecule has 2 heterocycles. The minimum Gasteiger partial charge on any atom is -0.363 e. The highest BCUT2D eigenvalue weighted by Crippen LogP contribution is 2.32. The van der Waals surface area contributed by atoms with E-state index in [-0.39, 0.29) is 0 Å². The van der Waals surface area contributed by atoms with Crippen molar-refractivity contribution < 1.29 is 13.2 Å². The Kier molecular flexibility index (Phi) is 2.97. The molecule has 0 amide bonds. The minimum absolute atomic E-state index is 0.304. The molecule has 0 unspecified atom stereocenters. The van der Waals surface area contributed by atoms with Crippen LogP contribution >= 0.6 is 11.3 Å². The van der Waals surface area contributed by atoms with Crippen LogP contribution in [0.4, 0.5) is 18.3 Å². The van der Waals surface area contributed by atoms with Crippen LogP contribution in [0, 0.1) is 0 Å². The Bertz CT molecular complexity index is 523. The molecular formula is C9H7F3N4S. The molecule has 0 aliphatic carbocycles. The van der Waals surface area contributed by atoms with Gasteiger partial charge in [-0.15, -0.1) is 10.2 Å². The monoisotopic (exact) mass is 260 g/mol. The van der Waals surface area contributed by atoms with E-state index < -0.39 is 11.7 Å². The van der Waals surface area contributed by atoms with E-state index >= 15 is 0 Å². The molecule has 0 atom stereocenters. The van der Waals surface area contributed by atoms with Gasteiger partial charge in [-0.3, -0.25) is 4.98 Å². The van der Waals surface area contributed by atoms with Crippen LogP contribution in [0.1, 0.15) is 5.56 Å². The average molecular weight is 260 g/mol. The zero-order valence-electron chi connectivity index (χ0n) is 8.62. The summed E-state index contributed by atoms with van der Waals surface area (Å²) < 4.78 is 37.4. The summed E-state index contributed by atoms with van der Waals surface area (Å²) in [6.45, 7) is 0. The topological polar surface area (TPSA) is 50.7 Å². The van der Waals surface area contributed by atoms with E-state index in [4.69, 9.17) is 0 Å². The molecule has 0 spiro atoms. The SMILES string of the molecule is CNc1nnc(-c2cncc(C(F)(F)F)c2)s1. The van der Waals surface area contributed by atoms with Crippen LogP contribution < -0.4 is 5.32 Å². The number of pyridine rings is 1. The Morgan fingerprint density at radius 1 is 1.24 bits per heavy atom. The van der Waals surface area contributed by atoms with Gasteiger partial charge in [0.25, 0.3) is 0 Å². The normalized spacial score (nSPS) is 11.5. The van der Waals surface area contributed by atoms with Gasteiger partial charge in [0, 0.05) is 25.0 Å². The maximum atomic E-state index is 12.5. The quantitative estimate of drug-likeness (QED) is 0.901. The van der Waals surface area contributed by atoms with Gasteiger partial charge in [0.1, 0.15) is 0 Å². The second kappa shape index (κ2) is 4.28. The largest absolute Gasteiger partial charge is 0.417 e. The van der Waals surface area contributed by atoms with Gasteiger partial charge >= 0.3 is 6.18 Å². The van der Waals surface area contributed by atoms with Crippen LogP contribution in [0.5, 0.6) is 0 Å². The molecule has 0 aliphatic heterocycles. The number of hydrogen-bond acceptors (Lipinski definition) is 5. The maximum Gasteiger partial charge on any atom is 0.417 e. The van der Waals surface area contributed by atoms with Crippen molar-refractivity contribution >= 4 is 16.5 Å². The van der Waals surface area contributed by atoms with Crippen molar-refractivity contribution in [1.82, 2.24) is 15.2 Å². The summed E-state index contributed by atoms with van der Waals surface area (Å²) in [6, 6.07) is 1.01. The lowest BCUT2D eigenvalue weighted by atomic mass is 10.2. The number of hydrogen-bond donors (Lipinski definition) is 1. The number of halogens is 3. The van der Waals surface area contributed by atoms with Gasteiger partial charge in [0.15, 0.2) is 5.01 Å². The molecule has 1 N–H and O–H groups in total. The third-order valence-electron chi connectivity index (χ3n) is 1.95. The molecule has 4 nitrogen and oxygen atoms in total. The highest BCUT2D eigenvalue weighted by Gasteiger charge is 2.31. The van der Waals surface area contributed by atoms with E-state index in [2.05, 4.69) is 20.5 Å². The summed E-state index contributed by atoms with van der Waals surface area (Å²) in [7, 11) is 1.66. The molecule has 2 aromatic rings. The van der Waals surface area contributed by atoms with E-state index in [0.29, 0.717) is 15.7 Å². The molecule has 2 aromatic heterocycles. The van der Waals surface area contributed by atoms with E-state index in [1.807, 2.05) is 0 Å². The first-order chi connectivity index (χ1) is 8.00. The zero-order valence-corrected chi connectivity index (χ0v) is 9.43. The second-order valence-electron chi connectivity index (χ2n) is 3.12. The Morgan fingerprint density at radius 2 is 2.00 bits per heavy atom. The highest BCUT2D eigenvalue weighted by molar-refractivity contribution is 7.18. The molecule has 0 aromatic carbocycles. The van der Waals surface area contributed by atoms with Crippen LogP contribution in [-0.4, -0.2) is 22.2 Å². The summed E-state index contributed by atoms with van der Waals surface area (Å²) in [5.74, 6) is 0. The Balaban J connectivity index is 2.39. The van der Waals surface area contributed by atoms with Crippen molar-refractivity contribution in [1.29, 1.82) is 0 Å². The van der Waals surface area contributed by atoms with Gasteiger partial charge in [-0.05, 0) is 6.07 Å². The van der Waals surface area contributed by atoms with Gasteiger partial charge < -0.3 is 5.32 Å². The molecule has 17 heavy (non-hydrogen) atoms. The molecule has 0 fully saturated rings. The number of nitrogens with one attached hydrogen (secondary N) is 1. The Hall–Kier alpha value is -1.70. The van der Waals surface area contributed by atoms with Gasteiger partial charge in [0.05, 0.1) is 5.56 Å². The lowest BCUT2D eigenvalue weighted by Crippen LogP contribution is -2.05. The molecule has 2 rings (SSSR count). The first-order valence-corrected chi connectivity index (χ1v) is 5.36. The summed E-state index contributed by atoms with van der Waals surface area (Å²) in [5.41, 5.74) is -0.491. The van der Waals surface area contributed by atoms with Crippen molar-refractivity contribution in [3.05, 3.63) is 24.0 Å². The summed E-state index contributed by atoms with van der Waals surface area (Å²) in [4.78, 5) is 3.56. The van der Waals surface area contributed by atoms with Crippen molar-refractivity contribution in [2.75, 3.05) is 12.4 Å². The first-order valence-electron chi connectivity index (χ1n) is 4.54. The van der Waals surface area contributed by atoms with Gasteiger partial charge in [-0.2, -0.15) is 13.2 Å². The second-order valence-corrected chi connectivity index (χ2v) is 4.10. The van der Waals surface area contributed by atoms with Crippen molar-refractivity contribution in [2.24, 2.45) is 0 Å². The van der Waals surface area contributed by atoms with Crippen LogP contribution in [0.15, 0.2) is 18.5 Å². The lowest BCUT2D eigenvalue weighted by Gasteiger charge is -2.06. The Morgan fingerprint density at radius 3 is 2.59 bits per heavy atom. The van der Waals surface area contributed by atoms with Crippen molar-refractivity contribution in [3.63, 3.8) is 0 Å². The minimum atomic E-state index is -4.40. The zero-order chi connectivity index (χ0) is 12.5. The molecule has 0 bridgehead atoms. The number of nitrogens with zero attached hydrogens (tertiary/aromatic N) is 3. The number of aromatic nitrogens is 3.